The monoisotopic (exact) mass is 277 g/mol. The molecule has 1 aromatic rings. The lowest BCUT2D eigenvalue weighted by Gasteiger charge is -2.35. The van der Waals surface area contributed by atoms with Crippen LogP contribution >= 0.6 is 0 Å². The zero-order valence-corrected chi connectivity index (χ0v) is 11.5. The molecule has 0 radical (unpaired) electrons. The molecule has 2 unspecified atom stereocenters. The van der Waals surface area contributed by atoms with Gasteiger partial charge < -0.3 is 14.7 Å². The molecule has 5 nitrogen and oxygen atoms in total. The Morgan fingerprint density at radius 1 is 1.35 bits per heavy atom. The van der Waals surface area contributed by atoms with Crippen LogP contribution in [-0.4, -0.2) is 41.1 Å². The molecule has 1 aliphatic rings. The predicted octanol–water partition coefficient (Wildman–Crippen LogP) is 1.78. The quantitative estimate of drug-likeness (QED) is 0.911. The van der Waals surface area contributed by atoms with Crippen molar-refractivity contribution in [3.8, 4) is 5.75 Å². The second-order valence-corrected chi connectivity index (χ2v) is 5.17. The molecule has 0 bridgehead atoms. The van der Waals surface area contributed by atoms with Gasteiger partial charge in [-0.2, -0.15) is 0 Å². The number of ether oxygens (including phenoxy) is 1. The third kappa shape index (κ3) is 3.50. The molecule has 1 amide bonds. The highest BCUT2D eigenvalue weighted by Crippen LogP contribution is 2.23. The Kier molecular flexibility index (Phi) is 4.61. The van der Waals surface area contributed by atoms with E-state index in [4.69, 9.17) is 4.74 Å². The number of aliphatic carboxylic acids is 1. The van der Waals surface area contributed by atoms with Crippen LogP contribution in [0.15, 0.2) is 30.3 Å². The number of carboxylic acid groups (broad SMARTS) is 1. The molecule has 1 N–H and O–H groups in total. The fraction of sp³-hybridized carbons (Fsp3) is 0.467. The largest absolute Gasteiger partial charge is 0.484 e. The summed E-state index contributed by atoms with van der Waals surface area (Å²) in [5, 5.41) is 9.23. The normalized spacial score (nSPS) is 22.4. The Bertz CT molecular complexity index is 474. The molecule has 1 fully saturated rings. The Labute approximate surface area is 118 Å². The van der Waals surface area contributed by atoms with Gasteiger partial charge >= 0.3 is 5.97 Å². The fourth-order valence-electron chi connectivity index (χ4n) is 2.42. The van der Waals surface area contributed by atoms with Crippen LogP contribution < -0.4 is 4.74 Å². The molecular weight excluding hydrogens is 258 g/mol. The highest BCUT2D eigenvalue weighted by molar-refractivity contribution is 5.84. The summed E-state index contributed by atoms with van der Waals surface area (Å²) >= 11 is 0. The third-order valence-corrected chi connectivity index (χ3v) is 3.58. The predicted molar refractivity (Wildman–Crippen MR) is 73.5 cm³/mol. The molecule has 5 heteroatoms. The van der Waals surface area contributed by atoms with Crippen LogP contribution in [0.1, 0.15) is 19.8 Å². The van der Waals surface area contributed by atoms with E-state index in [-0.39, 0.29) is 12.5 Å². The van der Waals surface area contributed by atoms with E-state index in [1.54, 1.807) is 12.1 Å². The van der Waals surface area contributed by atoms with Crippen LogP contribution in [-0.2, 0) is 9.59 Å². The van der Waals surface area contributed by atoms with E-state index < -0.39 is 12.0 Å². The maximum absolute atomic E-state index is 12.1. The number of nitrogens with zero attached hydrogens (tertiary/aromatic N) is 1. The summed E-state index contributed by atoms with van der Waals surface area (Å²) in [4.78, 5) is 24.8. The molecule has 2 rings (SSSR count). The second-order valence-electron chi connectivity index (χ2n) is 5.17. The van der Waals surface area contributed by atoms with Gasteiger partial charge in [-0.1, -0.05) is 25.1 Å². The van der Waals surface area contributed by atoms with E-state index >= 15 is 0 Å². The van der Waals surface area contributed by atoms with Gasteiger partial charge in [-0.25, -0.2) is 4.79 Å². The van der Waals surface area contributed by atoms with Gasteiger partial charge in [0.2, 0.25) is 0 Å². The molecule has 0 aliphatic carbocycles. The number of rotatable bonds is 4. The lowest BCUT2D eigenvalue weighted by molar-refractivity contribution is -0.153. The number of amides is 1. The van der Waals surface area contributed by atoms with Crippen molar-refractivity contribution >= 4 is 11.9 Å². The smallest absolute Gasteiger partial charge is 0.326 e. The number of carboxylic acids is 1. The summed E-state index contributed by atoms with van der Waals surface area (Å²) in [6.45, 7) is 2.37. The van der Waals surface area contributed by atoms with Crippen molar-refractivity contribution < 1.29 is 19.4 Å². The van der Waals surface area contributed by atoms with Gasteiger partial charge in [0.05, 0.1) is 0 Å². The second kappa shape index (κ2) is 6.41. The number of piperidine rings is 1. The molecule has 2 atom stereocenters. The molecule has 108 valence electrons. The highest BCUT2D eigenvalue weighted by Gasteiger charge is 2.34. The van der Waals surface area contributed by atoms with Gasteiger partial charge in [-0.3, -0.25) is 4.79 Å². The Balaban J connectivity index is 1.95. The van der Waals surface area contributed by atoms with Crippen molar-refractivity contribution in [2.75, 3.05) is 13.2 Å². The molecule has 0 saturated carbocycles. The van der Waals surface area contributed by atoms with E-state index in [2.05, 4.69) is 0 Å². The van der Waals surface area contributed by atoms with Crippen LogP contribution in [0.3, 0.4) is 0 Å². The van der Waals surface area contributed by atoms with E-state index in [1.807, 2.05) is 25.1 Å². The lowest BCUT2D eigenvalue weighted by atomic mass is 9.92. The number of likely N-dealkylation sites (tertiary alicyclic amines) is 1. The van der Waals surface area contributed by atoms with E-state index in [1.165, 1.54) is 4.90 Å². The van der Waals surface area contributed by atoms with Gasteiger partial charge in [-0.05, 0) is 30.9 Å². The van der Waals surface area contributed by atoms with Gasteiger partial charge in [0, 0.05) is 6.54 Å². The summed E-state index contributed by atoms with van der Waals surface area (Å²) in [6.07, 6.45) is 1.34. The van der Waals surface area contributed by atoms with Gasteiger partial charge in [0.1, 0.15) is 11.8 Å². The zero-order chi connectivity index (χ0) is 14.5. The number of carbonyl (C=O) groups is 2. The number of carbonyl (C=O) groups excluding carboxylic acids is 1. The van der Waals surface area contributed by atoms with E-state index in [9.17, 15) is 14.7 Å². The van der Waals surface area contributed by atoms with E-state index in [0.29, 0.717) is 24.6 Å². The Morgan fingerprint density at radius 3 is 2.70 bits per heavy atom. The molecule has 1 aromatic carbocycles. The lowest BCUT2D eigenvalue weighted by Crippen LogP contribution is -2.51. The summed E-state index contributed by atoms with van der Waals surface area (Å²) < 4.78 is 5.39. The van der Waals surface area contributed by atoms with Crippen LogP contribution in [0.2, 0.25) is 0 Å². The number of hydrogen-bond acceptors (Lipinski definition) is 3. The average molecular weight is 277 g/mol. The van der Waals surface area contributed by atoms with Crippen molar-refractivity contribution in [3.05, 3.63) is 30.3 Å². The highest BCUT2D eigenvalue weighted by atomic mass is 16.5. The minimum atomic E-state index is -0.940. The fourth-order valence-corrected chi connectivity index (χ4v) is 2.42. The van der Waals surface area contributed by atoms with Crippen molar-refractivity contribution in [3.63, 3.8) is 0 Å². The average Bonchev–Trinajstić information content (AvgIpc) is 2.45. The maximum Gasteiger partial charge on any atom is 0.326 e. The molecule has 1 heterocycles. The first-order chi connectivity index (χ1) is 9.58. The van der Waals surface area contributed by atoms with Crippen LogP contribution in [0.4, 0.5) is 0 Å². The van der Waals surface area contributed by atoms with Gasteiger partial charge in [-0.15, -0.1) is 0 Å². The van der Waals surface area contributed by atoms with Crippen LogP contribution in [0.5, 0.6) is 5.75 Å². The minimum absolute atomic E-state index is 0.123. The molecule has 1 aliphatic heterocycles. The van der Waals surface area contributed by atoms with Crippen LogP contribution in [0, 0.1) is 5.92 Å². The van der Waals surface area contributed by atoms with Crippen molar-refractivity contribution in [2.24, 2.45) is 5.92 Å². The first-order valence-electron chi connectivity index (χ1n) is 6.78. The summed E-state index contributed by atoms with van der Waals surface area (Å²) in [5.41, 5.74) is 0. The van der Waals surface area contributed by atoms with Crippen molar-refractivity contribution in [1.29, 1.82) is 0 Å². The molecule has 1 saturated heterocycles. The number of para-hydroxylation sites is 1. The first-order valence-corrected chi connectivity index (χ1v) is 6.78. The Hall–Kier alpha value is -2.04. The molecule has 0 spiro atoms. The molecular formula is C15H19NO4. The van der Waals surface area contributed by atoms with E-state index in [0.717, 1.165) is 6.42 Å². The number of benzene rings is 1. The SMILES string of the molecule is CC1CCN(C(=O)COc2ccccc2)C(C(=O)O)C1. The minimum Gasteiger partial charge on any atom is -0.484 e. The maximum atomic E-state index is 12.1. The first kappa shape index (κ1) is 14.4. The third-order valence-electron chi connectivity index (χ3n) is 3.58. The van der Waals surface area contributed by atoms with Crippen molar-refractivity contribution in [1.82, 2.24) is 4.90 Å². The number of hydrogen-bond donors (Lipinski definition) is 1. The van der Waals surface area contributed by atoms with Gasteiger partial charge in [0.15, 0.2) is 6.61 Å². The zero-order valence-electron chi connectivity index (χ0n) is 11.5. The Morgan fingerprint density at radius 2 is 2.05 bits per heavy atom. The topological polar surface area (TPSA) is 66.8 Å². The molecule has 0 aromatic heterocycles. The van der Waals surface area contributed by atoms with Gasteiger partial charge in [0.25, 0.3) is 5.91 Å². The standard InChI is InChI=1S/C15H19NO4/c1-11-7-8-16(13(9-11)15(18)19)14(17)10-20-12-5-3-2-4-6-12/h2-6,11,13H,7-10H2,1H3,(H,18,19). The molecule has 20 heavy (non-hydrogen) atoms. The summed E-state index contributed by atoms with van der Waals surface area (Å²) in [7, 11) is 0. The van der Waals surface area contributed by atoms with Crippen LogP contribution in [0.25, 0.3) is 0 Å². The summed E-state index contributed by atoms with van der Waals surface area (Å²) in [6, 6.07) is 8.30. The summed E-state index contributed by atoms with van der Waals surface area (Å²) in [5.74, 6) is -0.272. The van der Waals surface area contributed by atoms with Crippen molar-refractivity contribution in [2.45, 2.75) is 25.8 Å².